The Kier molecular flexibility index (Phi) is 7.01. The van der Waals surface area contributed by atoms with E-state index in [0.29, 0.717) is 35.0 Å². The number of benzene rings is 2. The number of nitrogens with zero attached hydrogens (tertiary/aromatic N) is 2. The number of hydrogen-bond donors (Lipinski definition) is 3. The Bertz CT molecular complexity index is 1650. The fraction of sp³-hybridized carbons (Fsp3) is 0.379. The molecular weight excluding hydrogens is 574 g/mol. The first kappa shape index (κ1) is 28.5. The Morgan fingerprint density at radius 2 is 1.81 bits per heavy atom. The third-order valence-electron chi connectivity index (χ3n) is 7.88. The molecule has 1 aliphatic heterocycles. The second kappa shape index (κ2) is 10.6. The highest BCUT2D eigenvalue weighted by molar-refractivity contribution is 6.08. The lowest BCUT2D eigenvalue weighted by Crippen LogP contribution is -2.46. The molecule has 0 radical (unpaired) electrons. The van der Waals surface area contributed by atoms with Crippen molar-refractivity contribution in [2.75, 3.05) is 10.6 Å². The van der Waals surface area contributed by atoms with Crippen LogP contribution in [-0.2, 0) is 16.1 Å². The van der Waals surface area contributed by atoms with Gasteiger partial charge in [-0.3, -0.25) is 14.4 Å². The third-order valence-corrected chi connectivity index (χ3v) is 7.88. The number of hydrogen-bond acceptors (Lipinski definition) is 5. The summed E-state index contributed by atoms with van der Waals surface area (Å²) in [6.07, 6.45) is -0.684. The molecule has 3 aliphatic rings. The highest BCUT2D eigenvalue weighted by atomic mass is 19.4. The summed E-state index contributed by atoms with van der Waals surface area (Å²) in [6.45, 7) is 1.19. The van der Waals surface area contributed by atoms with E-state index in [1.807, 2.05) is 0 Å². The molecule has 6 rings (SSSR count). The van der Waals surface area contributed by atoms with Crippen molar-refractivity contribution < 1.29 is 41.5 Å². The number of fused-ring (bicyclic) bond motifs is 2. The van der Waals surface area contributed by atoms with Crippen LogP contribution in [0.25, 0.3) is 10.9 Å². The Morgan fingerprint density at radius 1 is 1.05 bits per heavy atom. The van der Waals surface area contributed by atoms with Gasteiger partial charge in [-0.05, 0) is 68.9 Å². The van der Waals surface area contributed by atoms with Crippen LogP contribution < -0.4 is 20.7 Å². The highest BCUT2D eigenvalue weighted by Crippen LogP contribution is 2.48. The Labute approximate surface area is 242 Å². The van der Waals surface area contributed by atoms with Gasteiger partial charge in [-0.15, -0.1) is 13.2 Å². The fourth-order valence-electron chi connectivity index (χ4n) is 5.67. The molecule has 3 N–H and O–H groups in total. The maximum Gasteiger partial charge on any atom is 0.573 e. The number of nitrogens with one attached hydrogen (secondary N) is 3. The lowest BCUT2D eigenvalue weighted by Gasteiger charge is -2.27. The van der Waals surface area contributed by atoms with Crippen LogP contribution in [0.4, 0.5) is 33.7 Å². The van der Waals surface area contributed by atoms with Gasteiger partial charge in [0.1, 0.15) is 12.6 Å². The number of likely N-dealkylation sites (tertiary alicyclic amines) is 1. The van der Waals surface area contributed by atoms with Gasteiger partial charge >= 0.3 is 12.4 Å². The number of ketones is 1. The van der Waals surface area contributed by atoms with E-state index in [1.165, 1.54) is 11.8 Å². The van der Waals surface area contributed by atoms with E-state index >= 15 is 0 Å². The smallest absolute Gasteiger partial charge is 0.403 e. The minimum Gasteiger partial charge on any atom is -0.403 e. The van der Waals surface area contributed by atoms with E-state index in [2.05, 4.69) is 20.7 Å². The molecule has 3 aromatic rings. The molecule has 3 fully saturated rings. The number of alkyl halides is 3. The van der Waals surface area contributed by atoms with Crippen molar-refractivity contribution in [2.24, 2.45) is 5.92 Å². The highest BCUT2D eigenvalue weighted by Gasteiger charge is 2.56. The van der Waals surface area contributed by atoms with Gasteiger partial charge in [0.25, 0.3) is 0 Å². The Morgan fingerprint density at radius 3 is 2.51 bits per heavy atom. The molecule has 14 heteroatoms. The zero-order valence-electron chi connectivity index (χ0n) is 22.8. The average molecular weight is 602 g/mol. The van der Waals surface area contributed by atoms with Gasteiger partial charge in [0.05, 0.1) is 5.69 Å². The van der Waals surface area contributed by atoms with Crippen molar-refractivity contribution in [1.29, 1.82) is 0 Å². The lowest BCUT2D eigenvalue weighted by atomic mass is 10.1. The number of ether oxygens (including phenoxy) is 1. The summed E-state index contributed by atoms with van der Waals surface area (Å²) in [6, 6.07) is 6.68. The topological polar surface area (TPSA) is 122 Å². The number of halogens is 4. The van der Waals surface area contributed by atoms with Gasteiger partial charge in [-0.25, -0.2) is 9.18 Å². The van der Waals surface area contributed by atoms with Crippen molar-refractivity contribution >= 4 is 45.9 Å². The van der Waals surface area contributed by atoms with E-state index < -0.39 is 41.5 Å². The fourth-order valence-corrected chi connectivity index (χ4v) is 5.67. The van der Waals surface area contributed by atoms with Crippen LogP contribution in [0.3, 0.4) is 0 Å². The Hall–Kier alpha value is -4.62. The summed E-state index contributed by atoms with van der Waals surface area (Å²) in [4.78, 5) is 52.8. The molecule has 43 heavy (non-hydrogen) atoms. The number of piperidine rings is 1. The van der Waals surface area contributed by atoms with Crippen LogP contribution in [0.5, 0.6) is 5.75 Å². The first-order valence-corrected chi connectivity index (χ1v) is 13.8. The normalized spacial score (nSPS) is 20.9. The van der Waals surface area contributed by atoms with Crippen LogP contribution >= 0.6 is 0 Å². The molecule has 4 amide bonds. The molecule has 10 nitrogen and oxygen atoms in total. The first-order valence-electron chi connectivity index (χ1n) is 13.8. The van der Waals surface area contributed by atoms with Gasteiger partial charge in [-0.1, -0.05) is 6.07 Å². The van der Waals surface area contributed by atoms with Gasteiger partial charge in [0.2, 0.25) is 11.8 Å². The van der Waals surface area contributed by atoms with Crippen molar-refractivity contribution in [3.05, 3.63) is 54.0 Å². The third kappa shape index (κ3) is 5.99. The molecule has 2 saturated carbocycles. The van der Waals surface area contributed by atoms with Crippen LogP contribution in [0.15, 0.2) is 42.6 Å². The van der Waals surface area contributed by atoms with Crippen LogP contribution in [0, 0.1) is 11.7 Å². The van der Waals surface area contributed by atoms with E-state index in [-0.39, 0.29) is 36.4 Å². The van der Waals surface area contributed by atoms with Crippen LogP contribution in [0.2, 0.25) is 0 Å². The van der Waals surface area contributed by atoms with Gasteiger partial charge < -0.3 is 30.2 Å². The van der Waals surface area contributed by atoms with E-state index in [4.69, 9.17) is 0 Å². The van der Waals surface area contributed by atoms with Crippen molar-refractivity contribution in [1.82, 2.24) is 14.8 Å². The second-order valence-electron chi connectivity index (χ2n) is 11.1. The second-order valence-corrected chi connectivity index (χ2v) is 11.1. The minimum absolute atomic E-state index is 0.0778. The molecule has 2 heterocycles. The number of Topliss-reactive ketones (excluding diaryl/α,β-unsaturated/α-hetero) is 1. The zero-order valence-corrected chi connectivity index (χ0v) is 22.8. The molecule has 2 aromatic carbocycles. The predicted molar refractivity (Wildman–Crippen MR) is 146 cm³/mol. The SMILES string of the molecule is CC(=O)c1cn(CC(=O)N2[C@@H]3C[C@@H]3C[C@H]2C(=O)Nc2cccc(OC(F)(F)F)c2F)c2ccc(NC(=O)NC3CC3)cc12. The largest absolute Gasteiger partial charge is 0.573 e. The van der Waals surface area contributed by atoms with Crippen molar-refractivity contribution in [2.45, 2.75) is 63.6 Å². The quantitative estimate of drug-likeness (QED) is 0.253. The standard InChI is InChI=1S/C29H27F4N5O5/c1-14(39)19-12-37(21-8-7-17(11-18(19)21)35-28(42)34-16-5-6-16)13-25(40)38-22-9-15(22)10-23(38)27(41)36-20-3-2-4-24(26(20)30)43-29(31,32)33/h2-4,7-8,11-12,15-16,22-23H,5-6,9-10,13H2,1H3,(H,36,41)(H2,34,35,42)/t15-,22-,23+/m1/s1. The number of anilines is 2. The molecule has 1 saturated heterocycles. The van der Waals surface area contributed by atoms with Crippen molar-refractivity contribution in [3.63, 3.8) is 0 Å². The van der Waals surface area contributed by atoms with Gasteiger partial charge in [-0.2, -0.15) is 0 Å². The number of urea groups is 1. The maximum absolute atomic E-state index is 14.7. The molecule has 0 spiro atoms. The van der Waals surface area contributed by atoms with Gasteiger partial charge in [0, 0.05) is 40.4 Å². The van der Waals surface area contributed by atoms with Gasteiger partial charge in [0.15, 0.2) is 17.3 Å². The summed E-state index contributed by atoms with van der Waals surface area (Å²) in [7, 11) is 0. The monoisotopic (exact) mass is 601 g/mol. The summed E-state index contributed by atoms with van der Waals surface area (Å²) < 4.78 is 57.8. The predicted octanol–water partition coefficient (Wildman–Crippen LogP) is 4.79. The minimum atomic E-state index is -5.12. The summed E-state index contributed by atoms with van der Waals surface area (Å²) in [5.41, 5.74) is 0.900. The zero-order chi connectivity index (χ0) is 30.6. The molecule has 3 atom stereocenters. The number of rotatable bonds is 8. The lowest BCUT2D eigenvalue weighted by molar-refractivity contribution is -0.275. The van der Waals surface area contributed by atoms with Crippen LogP contribution in [0.1, 0.15) is 43.0 Å². The molecule has 0 unspecified atom stereocenters. The molecular formula is C29H27F4N5O5. The average Bonchev–Trinajstić information content (AvgIpc) is 3.83. The van der Waals surface area contributed by atoms with E-state index in [1.54, 1.807) is 29.0 Å². The summed E-state index contributed by atoms with van der Waals surface area (Å²) in [5.74, 6) is -3.77. The maximum atomic E-state index is 14.7. The van der Waals surface area contributed by atoms with Crippen molar-refractivity contribution in [3.8, 4) is 5.75 Å². The van der Waals surface area contributed by atoms with Crippen LogP contribution in [-0.4, -0.2) is 57.6 Å². The first-order chi connectivity index (χ1) is 20.4. The summed E-state index contributed by atoms with van der Waals surface area (Å²) in [5, 5.41) is 8.43. The summed E-state index contributed by atoms with van der Waals surface area (Å²) >= 11 is 0. The molecule has 2 aliphatic carbocycles. The molecule has 1 aromatic heterocycles. The van der Waals surface area contributed by atoms with E-state index in [9.17, 15) is 36.7 Å². The van der Waals surface area contributed by atoms with E-state index in [0.717, 1.165) is 31.0 Å². The number of carbonyl (C=O) groups excluding carboxylic acids is 4. The number of aromatic nitrogens is 1. The Balaban J connectivity index is 1.19. The molecule has 226 valence electrons. The molecule has 0 bridgehead atoms. The number of amides is 4. The number of carbonyl (C=O) groups is 4.